The highest BCUT2D eigenvalue weighted by molar-refractivity contribution is 6.30. The molecule has 2 fully saturated rings. The van der Waals surface area contributed by atoms with Crippen molar-refractivity contribution in [3.63, 3.8) is 0 Å². The second-order valence-electron chi connectivity index (χ2n) is 7.60. The second kappa shape index (κ2) is 6.80. The van der Waals surface area contributed by atoms with Crippen LogP contribution in [0.5, 0.6) is 0 Å². The van der Waals surface area contributed by atoms with Crippen molar-refractivity contribution >= 4 is 29.0 Å². The molecule has 0 bridgehead atoms. The molecule has 1 amide bonds. The highest BCUT2D eigenvalue weighted by Gasteiger charge is 2.46. The number of benzene rings is 1. The van der Waals surface area contributed by atoms with E-state index in [1.54, 1.807) is 16.9 Å². The van der Waals surface area contributed by atoms with Gasteiger partial charge in [0.1, 0.15) is 11.4 Å². The predicted octanol–water partition coefficient (Wildman–Crippen LogP) is 3.77. The van der Waals surface area contributed by atoms with Crippen LogP contribution in [0.3, 0.4) is 0 Å². The third-order valence-electron chi connectivity index (χ3n) is 5.71. The number of nitrogens with zero attached hydrogens (tertiary/aromatic N) is 2. The number of carbonyl (C=O) groups excluding carboxylic acids is 1. The fourth-order valence-electron chi connectivity index (χ4n) is 3.96. The van der Waals surface area contributed by atoms with E-state index in [4.69, 9.17) is 17.3 Å². The minimum atomic E-state index is -0.608. The van der Waals surface area contributed by atoms with E-state index in [0.717, 1.165) is 38.5 Å². The first-order valence-electron chi connectivity index (χ1n) is 9.19. The van der Waals surface area contributed by atoms with Crippen molar-refractivity contribution in [1.29, 1.82) is 0 Å². The lowest BCUT2D eigenvalue weighted by atomic mass is 9.79. The number of nitrogens with two attached hydrogens (primary N) is 1. The van der Waals surface area contributed by atoms with Crippen LogP contribution in [0.2, 0.25) is 5.02 Å². The third-order valence-corrected chi connectivity index (χ3v) is 6.02. The van der Waals surface area contributed by atoms with Gasteiger partial charge in [-0.15, -0.1) is 0 Å². The Morgan fingerprint density at radius 2 is 2.04 bits per heavy atom. The van der Waals surface area contributed by atoms with Crippen LogP contribution < -0.4 is 11.1 Å². The predicted molar refractivity (Wildman–Crippen MR) is 101 cm³/mol. The molecule has 2 aromatic rings. The van der Waals surface area contributed by atoms with Crippen molar-refractivity contribution < 1.29 is 14.3 Å². The number of amides is 1. The number of hydrogen-bond acceptors (Lipinski definition) is 4. The topological polar surface area (TPSA) is 93.2 Å². The molecule has 0 saturated heterocycles. The minimum absolute atomic E-state index is 0.0200. The van der Waals surface area contributed by atoms with Gasteiger partial charge in [0.05, 0.1) is 16.7 Å². The molecule has 144 valence electrons. The Labute approximate surface area is 161 Å². The molecule has 0 atom stereocenters. The lowest BCUT2D eigenvalue weighted by Crippen LogP contribution is -2.36. The molecular weight excluding hydrogens is 371 g/mol. The SMILES string of the molecule is NC(=O)c1cn(C2CCC(O)(C3CC3)CC2)nc1Nc1ccc(Cl)c(F)c1. The van der Waals surface area contributed by atoms with Gasteiger partial charge in [0, 0.05) is 11.9 Å². The van der Waals surface area contributed by atoms with Crippen molar-refractivity contribution in [2.45, 2.75) is 50.2 Å². The molecule has 2 saturated carbocycles. The maximum absolute atomic E-state index is 13.7. The van der Waals surface area contributed by atoms with Gasteiger partial charge in [-0.25, -0.2) is 4.39 Å². The maximum atomic E-state index is 13.7. The van der Waals surface area contributed by atoms with Crippen molar-refractivity contribution in [2.75, 3.05) is 5.32 Å². The molecule has 0 radical (unpaired) electrons. The van der Waals surface area contributed by atoms with E-state index in [2.05, 4.69) is 10.4 Å². The molecule has 6 nitrogen and oxygen atoms in total. The van der Waals surface area contributed by atoms with Crippen LogP contribution in [0.1, 0.15) is 54.9 Å². The van der Waals surface area contributed by atoms with Crippen molar-refractivity contribution in [3.05, 3.63) is 40.8 Å². The lowest BCUT2D eigenvalue weighted by molar-refractivity contribution is -0.0282. The quantitative estimate of drug-likeness (QED) is 0.722. The summed E-state index contributed by atoms with van der Waals surface area (Å²) in [4.78, 5) is 11.8. The first-order valence-corrected chi connectivity index (χ1v) is 9.57. The monoisotopic (exact) mass is 392 g/mol. The Kier molecular flexibility index (Phi) is 4.60. The Bertz CT molecular complexity index is 873. The average molecular weight is 393 g/mol. The van der Waals surface area contributed by atoms with Crippen LogP contribution in [0.4, 0.5) is 15.9 Å². The van der Waals surface area contributed by atoms with Gasteiger partial charge in [-0.3, -0.25) is 9.48 Å². The van der Waals surface area contributed by atoms with Gasteiger partial charge in [0.2, 0.25) is 0 Å². The first-order chi connectivity index (χ1) is 12.9. The standard InChI is InChI=1S/C19H22ClFN4O2/c20-15-4-3-12(9-16(15)21)23-18-14(17(22)26)10-25(24-18)13-5-7-19(27,8-6-13)11-1-2-11/h3-4,9-11,13,27H,1-2,5-8H2,(H2,22,26)(H,23,24). The van der Waals surface area contributed by atoms with Gasteiger partial charge in [-0.1, -0.05) is 11.6 Å². The molecule has 1 aromatic carbocycles. The Morgan fingerprint density at radius 1 is 1.33 bits per heavy atom. The van der Waals surface area contributed by atoms with Crippen LogP contribution >= 0.6 is 11.6 Å². The third kappa shape index (κ3) is 3.66. The minimum Gasteiger partial charge on any atom is -0.390 e. The zero-order chi connectivity index (χ0) is 19.2. The van der Waals surface area contributed by atoms with Crippen LogP contribution in [0, 0.1) is 11.7 Å². The summed E-state index contributed by atoms with van der Waals surface area (Å²) in [6.07, 6.45) is 6.91. The largest absolute Gasteiger partial charge is 0.390 e. The maximum Gasteiger partial charge on any atom is 0.254 e. The van der Waals surface area contributed by atoms with Crippen LogP contribution in [0.15, 0.2) is 24.4 Å². The molecule has 0 unspecified atom stereocenters. The van der Waals surface area contributed by atoms with E-state index in [9.17, 15) is 14.3 Å². The molecule has 8 heteroatoms. The smallest absolute Gasteiger partial charge is 0.254 e. The van der Waals surface area contributed by atoms with Crippen molar-refractivity contribution in [3.8, 4) is 0 Å². The molecule has 4 rings (SSSR count). The first kappa shape index (κ1) is 18.3. The number of hydrogen-bond donors (Lipinski definition) is 3. The normalized spacial score (nSPS) is 25.4. The molecular formula is C19H22ClFN4O2. The number of rotatable bonds is 5. The summed E-state index contributed by atoms with van der Waals surface area (Å²) in [7, 11) is 0. The zero-order valence-corrected chi connectivity index (χ0v) is 15.5. The Hall–Kier alpha value is -2.12. The van der Waals surface area contributed by atoms with E-state index >= 15 is 0 Å². The number of halogens is 2. The number of aromatic nitrogens is 2. The van der Waals surface area contributed by atoms with E-state index in [1.807, 2.05) is 0 Å². The second-order valence-corrected chi connectivity index (χ2v) is 8.01. The fraction of sp³-hybridized carbons (Fsp3) is 0.474. The number of anilines is 2. The number of aliphatic hydroxyl groups is 1. The van der Waals surface area contributed by atoms with Crippen LogP contribution in [-0.4, -0.2) is 26.4 Å². The molecule has 1 aromatic heterocycles. The van der Waals surface area contributed by atoms with Gasteiger partial charge in [0.25, 0.3) is 5.91 Å². The van der Waals surface area contributed by atoms with Gasteiger partial charge in [-0.2, -0.15) is 5.10 Å². The van der Waals surface area contributed by atoms with Gasteiger partial charge < -0.3 is 16.2 Å². The molecule has 2 aliphatic rings. The molecule has 27 heavy (non-hydrogen) atoms. The molecule has 0 spiro atoms. The van der Waals surface area contributed by atoms with Crippen LogP contribution in [-0.2, 0) is 0 Å². The molecule has 1 heterocycles. The molecule has 2 aliphatic carbocycles. The summed E-state index contributed by atoms with van der Waals surface area (Å²) in [5.74, 6) is -0.446. The van der Waals surface area contributed by atoms with Gasteiger partial charge in [0.15, 0.2) is 5.82 Å². The molecule has 4 N–H and O–H groups in total. The van der Waals surface area contributed by atoms with Crippen molar-refractivity contribution in [2.24, 2.45) is 11.7 Å². The van der Waals surface area contributed by atoms with Gasteiger partial charge in [-0.05, 0) is 62.6 Å². The van der Waals surface area contributed by atoms with E-state index in [-0.39, 0.29) is 22.4 Å². The highest BCUT2D eigenvalue weighted by atomic mass is 35.5. The Morgan fingerprint density at radius 3 is 2.63 bits per heavy atom. The summed E-state index contributed by atoms with van der Waals surface area (Å²) in [6, 6.07) is 4.37. The highest BCUT2D eigenvalue weighted by Crippen LogP contribution is 2.49. The van der Waals surface area contributed by atoms with E-state index in [1.165, 1.54) is 12.1 Å². The van der Waals surface area contributed by atoms with Crippen LogP contribution in [0.25, 0.3) is 0 Å². The summed E-state index contributed by atoms with van der Waals surface area (Å²) in [6.45, 7) is 0. The summed E-state index contributed by atoms with van der Waals surface area (Å²) < 4.78 is 15.4. The van der Waals surface area contributed by atoms with E-state index < -0.39 is 17.3 Å². The number of nitrogens with one attached hydrogen (secondary N) is 1. The lowest BCUT2D eigenvalue weighted by Gasteiger charge is -2.36. The number of primary amides is 1. The van der Waals surface area contributed by atoms with Gasteiger partial charge >= 0.3 is 0 Å². The average Bonchev–Trinajstić information content (AvgIpc) is 3.41. The summed E-state index contributed by atoms with van der Waals surface area (Å²) in [5, 5.41) is 18.1. The Balaban J connectivity index is 1.53. The number of carbonyl (C=O) groups is 1. The van der Waals surface area contributed by atoms with Crippen molar-refractivity contribution in [1.82, 2.24) is 9.78 Å². The van der Waals surface area contributed by atoms with E-state index in [0.29, 0.717) is 11.6 Å². The zero-order valence-electron chi connectivity index (χ0n) is 14.8. The summed E-state index contributed by atoms with van der Waals surface area (Å²) >= 11 is 5.70. The fourth-order valence-corrected chi connectivity index (χ4v) is 4.08. The molecule has 0 aliphatic heterocycles. The summed E-state index contributed by atoms with van der Waals surface area (Å²) in [5.41, 5.74) is 5.62.